The summed E-state index contributed by atoms with van der Waals surface area (Å²) in [5.41, 5.74) is 3.95. The van der Waals surface area contributed by atoms with E-state index in [1.807, 2.05) is 17.8 Å². The molecule has 0 fully saturated rings. The maximum Gasteiger partial charge on any atom is 0.0946 e. The van der Waals surface area contributed by atoms with E-state index in [4.69, 9.17) is 5.84 Å². The van der Waals surface area contributed by atoms with Gasteiger partial charge in [-0.25, -0.2) is 4.98 Å². The third-order valence-electron chi connectivity index (χ3n) is 2.12. The Morgan fingerprint density at radius 3 is 2.69 bits per heavy atom. The quantitative estimate of drug-likeness (QED) is 0.539. The molecule has 3 N–H and O–H groups in total. The standard InChI is InChI=1S/C9H18N4/c1-7(2)4-8(12-10)9-5-11-6-13(9)3/h5-8,12H,4,10H2,1-3H3. The average Bonchev–Trinajstić information content (AvgIpc) is 2.47. The number of imidazole rings is 1. The normalized spacial score (nSPS) is 13.6. The molecule has 0 saturated heterocycles. The van der Waals surface area contributed by atoms with Crippen LogP contribution in [-0.2, 0) is 7.05 Å². The molecule has 1 atom stereocenters. The first-order chi connectivity index (χ1) is 6.15. The number of aromatic nitrogens is 2. The number of nitrogens with one attached hydrogen (secondary N) is 1. The molecule has 0 aliphatic carbocycles. The zero-order valence-electron chi connectivity index (χ0n) is 8.49. The van der Waals surface area contributed by atoms with Crippen LogP contribution in [0.5, 0.6) is 0 Å². The Morgan fingerprint density at radius 2 is 2.31 bits per heavy atom. The lowest BCUT2D eigenvalue weighted by Crippen LogP contribution is -2.30. The van der Waals surface area contributed by atoms with Crippen LogP contribution in [0.1, 0.15) is 32.0 Å². The van der Waals surface area contributed by atoms with E-state index in [0.717, 1.165) is 12.1 Å². The molecule has 1 heterocycles. The minimum Gasteiger partial charge on any atom is -0.336 e. The Balaban J connectivity index is 2.72. The van der Waals surface area contributed by atoms with Gasteiger partial charge in [-0.2, -0.15) is 0 Å². The molecule has 0 aliphatic heterocycles. The number of nitrogens with zero attached hydrogens (tertiary/aromatic N) is 2. The Bertz CT molecular complexity index is 254. The first-order valence-corrected chi connectivity index (χ1v) is 4.57. The van der Waals surface area contributed by atoms with Gasteiger partial charge in [0, 0.05) is 13.2 Å². The van der Waals surface area contributed by atoms with E-state index >= 15 is 0 Å². The minimum atomic E-state index is 0.201. The number of hydrogen-bond acceptors (Lipinski definition) is 3. The maximum absolute atomic E-state index is 5.49. The Hall–Kier alpha value is -0.870. The van der Waals surface area contributed by atoms with E-state index in [2.05, 4.69) is 24.3 Å². The zero-order valence-corrected chi connectivity index (χ0v) is 8.49. The van der Waals surface area contributed by atoms with Crippen LogP contribution in [0, 0.1) is 5.92 Å². The van der Waals surface area contributed by atoms with Crippen LogP contribution in [0.25, 0.3) is 0 Å². The van der Waals surface area contributed by atoms with E-state index in [0.29, 0.717) is 5.92 Å². The second-order valence-corrected chi connectivity index (χ2v) is 3.78. The molecule has 1 aromatic rings. The van der Waals surface area contributed by atoms with E-state index in [9.17, 15) is 0 Å². The van der Waals surface area contributed by atoms with Crippen molar-refractivity contribution >= 4 is 0 Å². The molecule has 4 heteroatoms. The first kappa shape index (κ1) is 10.2. The van der Waals surface area contributed by atoms with Gasteiger partial charge in [-0.1, -0.05) is 13.8 Å². The highest BCUT2D eigenvalue weighted by Gasteiger charge is 2.14. The molecule has 4 nitrogen and oxygen atoms in total. The Morgan fingerprint density at radius 1 is 1.62 bits per heavy atom. The van der Waals surface area contributed by atoms with Crippen molar-refractivity contribution in [2.24, 2.45) is 18.8 Å². The third kappa shape index (κ3) is 2.54. The maximum atomic E-state index is 5.49. The smallest absolute Gasteiger partial charge is 0.0946 e. The molecule has 0 bridgehead atoms. The van der Waals surface area contributed by atoms with Crippen LogP contribution >= 0.6 is 0 Å². The zero-order chi connectivity index (χ0) is 9.84. The van der Waals surface area contributed by atoms with Crippen molar-refractivity contribution in [3.63, 3.8) is 0 Å². The van der Waals surface area contributed by atoms with Crippen molar-refractivity contribution in [1.29, 1.82) is 0 Å². The monoisotopic (exact) mass is 182 g/mol. The van der Waals surface area contributed by atoms with E-state index in [-0.39, 0.29) is 6.04 Å². The van der Waals surface area contributed by atoms with Gasteiger partial charge < -0.3 is 4.57 Å². The van der Waals surface area contributed by atoms with Gasteiger partial charge in [-0.3, -0.25) is 11.3 Å². The summed E-state index contributed by atoms with van der Waals surface area (Å²) < 4.78 is 1.99. The van der Waals surface area contributed by atoms with Gasteiger partial charge in [0.05, 0.1) is 18.1 Å². The lowest BCUT2D eigenvalue weighted by atomic mass is 10.0. The number of aryl methyl sites for hydroxylation is 1. The summed E-state index contributed by atoms with van der Waals surface area (Å²) in [5, 5.41) is 0. The van der Waals surface area contributed by atoms with E-state index in [1.54, 1.807) is 6.33 Å². The highest BCUT2D eigenvalue weighted by Crippen LogP contribution is 2.18. The fraction of sp³-hybridized carbons (Fsp3) is 0.667. The molecule has 0 aliphatic rings. The van der Waals surface area contributed by atoms with Gasteiger partial charge in [0.1, 0.15) is 0 Å². The summed E-state index contributed by atoms with van der Waals surface area (Å²) >= 11 is 0. The topological polar surface area (TPSA) is 55.9 Å². The first-order valence-electron chi connectivity index (χ1n) is 4.57. The highest BCUT2D eigenvalue weighted by molar-refractivity contribution is 5.04. The summed E-state index contributed by atoms with van der Waals surface area (Å²) in [7, 11) is 1.98. The molecule has 74 valence electrons. The van der Waals surface area contributed by atoms with Gasteiger partial charge >= 0.3 is 0 Å². The molecule has 1 unspecified atom stereocenters. The van der Waals surface area contributed by atoms with Gasteiger partial charge in [0.15, 0.2) is 0 Å². The lowest BCUT2D eigenvalue weighted by molar-refractivity contribution is 0.422. The van der Waals surface area contributed by atoms with Crippen molar-refractivity contribution in [2.45, 2.75) is 26.3 Å². The third-order valence-corrected chi connectivity index (χ3v) is 2.12. The SMILES string of the molecule is CC(C)CC(NN)c1cncn1C. The highest BCUT2D eigenvalue weighted by atomic mass is 15.2. The van der Waals surface area contributed by atoms with Crippen molar-refractivity contribution < 1.29 is 0 Å². The lowest BCUT2D eigenvalue weighted by Gasteiger charge is -2.18. The van der Waals surface area contributed by atoms with Gasteiger partial charge in [0.25, 0.3) is 0 Å². The largest absolute Gasteiger partial charge is 0.336 e. The summed E-state index contributed by atoms with van der Waals surface area (Å²) in [6, 6.07) is 0.201. The van der Waals surface area contributed by atoms with Gasteiger partial charge in [0.2, 0.25) is 0 Å². The van der Waals surface area contributed by atoms with Crippen LogP contribution in [-0.4, -0.2) is 9.55 Å². The molecule has 1 aromatic heterocycles. The van der Waals surface area contributed by atoms with Crippen molar-refractivity contribution in [1.82, 2.24) is 15.0 Å². The molecule has 13 heavy (non-hydrogen) atoms. The van der Waals surface area contributed by atoms with E-state index < -0.39 is 0 Å². The van der Waals surface area contributed by atoms with Gasteiger partial charge in [-0.15, -0.1) is 0 Å². The van der Waals surface area contributed by atoms with Crippen molar-refractivity contribution in [3.05, 3.63) is 18.2 Å². The van der Waals surface area contributed by atoms with Crippen LogP contribution in [0.4, 0.5) is 0 Å². The fourth-order valence-corrected chi connectivity index (χ4v) is 1.45. The molecule has 0 spiro atoms. The second-order valence-electron chi connectivity index (χ2n) is 3.78. The summed E-state index contributed by atoms with van der Waals surface area (Å²) in [6.45, 7) is 4.36. The molecule has 0 amide bonds. The second kappa shape index (κ2) is 4.39. The Labute approximate surface area is 79.1 Å². The van der Waals surface area contributed by atoms with Crippen LogP contribution in [0.15, 0.2) is 12.5 Å². The summed E-state index contributed by atoms with van der Waals surface area (Å²) in [6.07, 6.45) is 4.67. The average molecular weight is 182 g/mol. The van der Waals surface area contributed by atoms with Crippen molar-refractivity contribution in [2.75, 3.05) is 0 Å². The fourth-order valence-electron chi connectivity index (χ4n) is 1.45. The number of hydrazine groups is 1. The van der Waals surface area contributed by atoms with Crippen LogP contribution < -0.4 is 11.3 Å². The summed E-state index contributed by atoms with van der Waals surface area (Å²) in [4.78, 5) is 4.07. The molecule has 0 aromatic carbocycles. The molecular formula is C9H18N4. The van der Waals surface area contributed by atoms with Crippen molar-refractivity contribution in [3.8, 4) is 0 Å². The number of rotatable bonds is 4. The molecule has 0 saturated carbocycles. The minimum absolute atomic E-state index is 0.201. The Kier molecular flexibility index (Phi) is 3.45. The molecule has 0 radical (unpaired) electrons. The number of nitrogens with two attached hydrogens (primary N) is 1. The molecule has 1 rings (SSSR count). The van der Waals surface area contributed by atoms with Crippen LogP contribution in [0.2, 0.25) is 0 Å². The molecular weight excluding hydrogens is 164 g/mol. The number of hydrogen-bond donors (Lipinski definition) is 2. The van der Waals surface area contributed by atoms with Crippen LogP contribution in [0.3, 0.4) is 0 Å². The van der Waals surface area contributed by atoms with E-state index in [1.165, 1.54) is 0 Å². The summed E-state index contributed by atoms with van der Waals surface area (Å²) in [5.74, 6) is 6.11. The van der Waals surface area contributed by atoms with Gasteiger partial charge in [-0.05, 0) is 12.3 Å². The predicted octanol–water partition coefficient (Wildman–Crippen LogP) is 0.971. The predicted molar refractivity (Wildman–Crippen MR) is 52.7 cm³/mol.